The number of benzene rings is 1. The van der Waals surface area contributed by atoms with E-state index < -0.39 is 9.85 Å². The molecule has 110 valence electrons. The molecule has 8 heteroatoms. The van der Waals surface area contributed by atoms with Gasteiger partial charge in [-0.1, -0.05) is 0 Å². The predicted molar refractivity (Wildman–Crippen MR) is 76.3 cm³/mol. The lowest BCUT2D eigenvalue weighted by molar-refractivity contribution is -0.393. The largest absolute Gasteiger partial charge is 0.301 e. The summed E-state index contributed by atoms with van der Waals surface area (Å²) in [4.78, 5) is 20.4. The monoisotopic (exact) mass is 290 g/mol. The lowest BCUT2D eigenvalue weighted by atomic mass is 9.99. The van der Waals surface area contributed by atoms with Gasteiger partial charge in [-0.3, -0.25) is 25.7 Å². The van der Waals surface area contributed by atoms with Crippen LogP contribution in [0.5, 0.6) is 0 Å². The third-order valence-corrected chi connectivity index (χ3v) is 4.22. The fraction of sp³-hybridized carbons (Fsp3) is 0.462. The van der Waals surface area contributed by atoms with E-state index in [1.807, 2.05) is 0 Å². The highest BCUT2D eigenvalue weighted by Gasteiger charge is 2.36. The van der Waals surface area contributed by atoms with Crippen LogP contribution in [0.25, 0.3) is 0 Å². The number of rotatable bonds is 4. The van der Waals surface area contributed by atoms with Gasteiger partial charge in [-0.2, -0.15) is 5.10 Å². The molecule has 3 rings (SSSR count). The van der Waals surface area contributed by atoms with Crippen LogP contribution in [0.15, 0.2) is 23.3 Å². The van der Waals surface area contributed by atoms with Crippen molar-refractivity contribution in [1.82, 2.24) is 0 Å². The first-order valence-electron chi connectivity index (χ1n) is 6.80. The fourth-order valence-electron chi connectivity index (χ4n) is 3.17. The molecule has 2 fully saturated rings. The maximum absolute atomic E-state index is 11.0. The van der Waals surface area contributed by atoms with E-state index in [9.17, 15) is 20.2 Å². The SMILES string of the molecule is O=[N+]([O-])c1ccc(N/N=C2\C[C@H]3CC[C@@H]2C3)c([N+](=O)[O-])c1. The van der Waals surface area contributed by atoms with Gasteiger partial charge in [0.15, 0.2) is 0 Å². The van der Waals surface area contributed by atoms with Crippen LogP contribution in [0.4, 0.5) is 17.1 Å². The molecular formula is C13H14N4O4. The summed E-state index contributed by atoms with van der Waals surface area (Å²) in [5.41, 5.74) is 3.31. The number of nitro benzene ring substituents is 2. The number of non-ortho nitro benzene ring substituents is 1. The van der Waals surface area contributed by atoms with Crippen molar-refractivity contribution in [3.05, 3.63) is 38.4 Å². The minimum absolute atomic E-state index is 0.181. The average molecular weight is 290 g/mol. The number of anilines is 1. The van der Waals surface area contributed by atoms with Gasteiger partial charge in [-0.25, -0.2) is 0 Å². The topological polar surface area (TPSA) is 111 Å². The van der Waals surface area contributed by atoms with E-state index in [-0.39, 0.29) is 17.1 Å². The van der Waals surface area contributed by atoms with Crippen molar-refractivity contribution in [2.45, 2.75) is 25.7 Å². The average Bonchev–Trinajstić information content (AvgIpc) is 3.07. The summed E-state index contributed by atoms with van der Waals surface area (Å²) in [5, 5.41) is 26.0. The van der Waals surface area contributed by atoms with E-state index in [1.54, 1.807) is 0 Å². The minimum Gasteiger partial charge on any atom is -0.272 e. The van der Waals surface area contributed by atoms with E-state index >= 15 is 0 Å². The molecule has 0 heterocycles. The highest BCUT2D eigenvalue weighted by Crippen LogP contribution is 2.42. The quantitative estimate of drug-likeness (QED) is 0.676. The van der Waals surface area contributed by atoms with Crippen molar-refractivity contribution in [1.29, 1.82) is 0 Å². The van der Waals surface area contributed by atoms with Gasteiger partial charge in [0.05, 0.1) is 15.9 Å². The van der Waals surface area contributed by atoms with Crippen LogP contribution in [0.1, 0.15) is 25.7 Å². The Hall–Kier alpha value is -2.51. The summed E-state index contributed by atoms with van der Waals surface area (Å²) in [6, 6.07) is 3.51. The van der Waals surface area contributed by atoms with Gasteiger partial charge in [0, 0.05) is 11.8 Å². The lowest BCUT2D eigenvalue weighted by Gasteiger charge is -2.12. The molecule has 0 unspecified atom stereocenters. The number of nitro groups is 2. The zero-order valence-corrected chi connectivity index (χ0v) is 11.2. The van der Waals surface area contributed by atoms with Gasteiger partial charge in [0.1, 0.15) is 5.69 Å². The molecule has 21 heavy (non-hydrogen) atoms. The second kappa shape index (κ2) is 5.12. The van der Waals surface area contributed by atoms with Crippen molar-refractivity contribution >= 4 is 22.8 Å². The Kier molecular flexibility index (Phi) is 3.28. The second-order valence-corrected chi connectivity index (χ2v) is 5.51. The van der Waals surface area contributed by atoms with Crippen molar-refractivity contribution in [3.63, 3.8) is 0 Å². The third kappa shape index (κ3) is 2.56. The van der Waals surface area contributed by atoms with E-state index in [4.69, 9.17) is 0 Å². The predicted octanol–water partition coefficient (Wildman–Crippen LogP) is 3.09. The molecule has 2 aliphatic carbocycles. The van der Waals surface area contributed by atoms with Crippen molar-refractivity contribution in [3.8, 4) is 0 Å². The Bertz CT molecular complexity index is 643. The van der Waals surface area contributed by atoms with Gasteiger partial charge in [-0.05, 0) is 43.6 Å². The number of hydrogen-bond acceptors (Lipinski definition) is 6. The van der Waals surface area contributed by atoms with Crippen LogP contribution in [-0.4, -0.2) is 15.6 Å². The highest BCUT2D eigenvalue weighted by molar-refractivity contribution is 5.90. The highest BCUT2D eigenvalue weighted by atomic mass is 16.6. The molecule has 0 radical (unpaired) electrons. The zero-order chi connectivity index (χ0) is 15.0. The Morgan fingerprint density at radius 2 is 2.00 bits per heavy atom. The van der Waals surface area contributed by atoms with E-state index in [0.29, 0.717) is 11.8 Å². The summed E-state index contributed by atoms with van der Waals surface area (Å²) in [7, 11) is 0. The van der Waals surface area contributed by atoms with Crippen LogP contribution < -0.4 is 5.43 Å². The molecule has 8 nitrogen and oxygen atoms in total. The summed E-state index contributed by atoms with van der Waals surface area (Å²) in [5.74, 6) is 1.18. The van der Waals surface area contributed by atoms with Crippen molar-refractivity contribution in [2.75, 3.05) is 5.43 Å². The van der Waals surface area contributed by atoms with Gasteiger partial charge in [0.2, 0.25) is 0 Å². The molecule has 0 saturated heterocycles. The third-order valence-electron chi connectivity index (χ3n) is 4.22. The molecule has 2 bridgehead atoms. The van der Waals surface area contributed by atoms with Crippen LogP contribution in [0, 0.1) is 32.1 Å². The first-order valence-corrected chi connectivity index (χ1v) is 6.80. The maximum atomic E-state index is 11.0. The molecule has 2 saturated carbocycles. The van der Waals surface area contributed by atoms with Gasteiger partial charge in [-0.15, -0.1) is 0 Å². The fourth-order valence-corrected chi connectivity index (χ4v) is 3.17. The molecule has 2 aliphatic rings. The summed E-state index contributed by atoms with van der Waals surface area (Å²) in [6.07, 6.45) is 4.47. The van der Waals surface area contributed by atoms with Crippen LogP contribution in [-0.2, 0) is 0 Å². The van der Waals surface area contributed by atoms with Crippen LogP contribution in [0.2, 0.25) is 0 Å². The molecule has 0 aromatic heterocycles. The first kappa shape index (κ1) is 13.5. The molecule has 0 amide bonds. The zero-order valence-electron chi connectivity index (χ0n) is 11.2. The van der Waals surface area contributed by atoms with E-state index in [1.165, 1.54) is 18.6 Å². The first-order chi connectivity index (χ1) is 10.0. The number of hydrogen-bond donors (Lipinski definition) is 1. The van der Waals surface area contributed by atoms with Gasteiger partial charge >= 0.3 is 5.69 Å². The van der Waals surface area contributed by atoms with E-state index in [0.717, 1.165) is 31.0 Å². The number of nitrogens with one attached hydrogen (secondary N) is 1. The molecule has 1 N–H and O–H groups in total. The van der Waals surface area contributed by atoms with Crippen LogP contribution in [0.3, 0.4) is 0 Å². The summed E-state index contributed by atoms with van der Waals surface area (Å²) >= 11 is 0. The van der Waals surface area contributed by atoms with Crippen molar-refractivity contribution < 1.29 is 9.85 Å². The maximum Gasteiger partial charge on any atom is 0.301 e. The smallest absolute Gasteiger partial charge is 0.272 e. The van der Waals surface area contributed by atoms with Crippen molar-refractivity contribution in [2.24, 2.45) is 16.9 Å². The summed E-state index contributed by atoms with van der Waals surface area (Å²) < 4.78 is 0. The van der Waals surface area contributed by atoms with Gasteiger partial charge in [0.25, 0.3) is 5.69 Å². The minimum atomic E-state index is -0.654. The Morgan fingerprint density at radius 3 is 2.57 bits per heavy atom. The van der Waals surface area contributed by atoms with E-state index in [2.05, 4.69) is 10.5 Å². The Balaban J connectivity index is 1.83. The molecule has 0 spiro atoms. The molecule has 1 aromatic rings. The molecule has 0 aliphatic heterocycles. The Morgan fingerprint density at radius 1 is 1.19 bits per heavy atom. The standard InChI is InChI=1S/C13H14N4O4/c18-16(19)10-3-4-11(13(7-10)17(20)21)14-15-12-6-8-1-2-9(12)5-8/h3-4,7-9,14H,1-2,5-6H2/b15-12+/t8-,9+/m0/s1. The summed E-state index contributed by atoms with van der Waals surface area (Å²) in [6.45, 7) is 0. The molecule has 2 atom stereocenters. The normalized spacial score (nSPS) is 25.2. The number of nitrogens with zero attached hydrogens (tertiary/aromatic N) is 3. The van der Waals surface area contributed by atoms with Gasteiger partial charge < -0.3 is 0 Å². The number of hydrazone groups is 1. The lowest BCUT2D eigenvalue weighted by Crippen LogP contribution is -2.11. The number of fused-ring (bicyclic) bond motifs is 2. The van der Waals surface area contributed by atoms with Crippen LogP contribution >= 0.6 is 0 Å². The molecular weight excluding hydrogens is 276 g/mol. The second-order valence-electron chi connectivity index (χ2n) is 5.51. The Labute approximate surface area is 120 Å². The molecule has 1 aromatic carbocycles.